The molecule has 27 heavy (non-hydrogen) atoms. The molecule has 1 aliphatic rings. The molecule has 2 heterocycles. The molecule has 1 aromatic heterocycles. The van der Waals surface area contributed by atoms with E-state index < -0.39 is 6.09 Å². The van der Waals surface area contributed by atoms with Crippen LogP contribution in [0.15, 0.2) is 42.7 Å². The fraction of sp³-hybridized carbons (Fsp3) is 0.389. The number of anilines is 1. The van der Waals surface area contributed by atoms with Crippen LogP contribution in [0, 0.1) is 0 Å². The van der Waals surface area contributed by atoms with Crippen LogP contribution >= 0.6 is 12.4 Å². The number of nitrogens with one attached hydrogen (secondary N) is 1. The quantitative estimate of drug-likeness (QED) is 0.751. The summed E-state index contributed by atoms with van der Waals surface area (Å²) in [6.45, 7) is 4.55. The molecule has 0 atom stereocenters. The number of piperazine rings is 1. The molecule has 0 aliphatic carbocycles. The Labute approximate surface area is 164 Å². The molecule has 2 aromatic rings. The summed E-state index contributed by atoms with van der Waals surface area (Å²) in [4.78, 5) is 24.2. The number of alkyl carbamates (subject to hydrolysis) is 1. The predicted molar refractivity (Wildman–Crippen MR) is 104 cm³/mol. The maximum Gasteiger partial charge on any atom is 0.409 e. The molecule has 1 N–H and O–H groups in total. The lowest BCUT2D eigenvalue weighted by molar-refractivity contribution is 0.0608. The van der Waals surface area contributed by atoms with Crippen molar-refractivity contribution in [3.8, 4) is 5.75 Å². The van der Waals surface area contributed by atoms with Crippen molar-refractivity contribution in [3.63, 3.8) is 0 Å². The Balaban J connectivity index is 0.00000261. The van der Waals surface area contributed by atoms with E-state index in [1.54, 1.807) is 12.4 Å². The van der Waals surface area contributed by atoms with Crippen molar-refractivity contribution in [1.29, 1.82) is 0 Å². The van der Waals surface area contributed by atoms with E-state index in [1.807, 2.05) is 30.3 Å². The van der Waals surface area contributed by atoms with Gasteiger partial charge in [0.15, 0.2) is 0 Å². The zero-order valence-electron chi connectivity index (χ0n) is 15.2. The Bertz CT molecular complexity index is 694. The highest BCUT2D eigenvalue weighted by Crippen LogP contribution is 2.16. The number of amides is 1. The Morgan fingerprint density at radius 3 is 2.41 bits per heavy atom. The van der Waals surface area contributed by atoms with E-state index in [4.69, 9.17) is 9.47 Å². The minimum absolute atomic E-state index is 0. The SMILES string of the molecule is CNC(=O)OCOc1ccc(CN2CCN(c3ncccn3)CC2)cc1.Cl. The first-order valence-corrected chi connectivity index (χ1v) is 8.55. The van der Waals surface area contributed by atoms with E-state index in [1.165, 1.54) is 12.6 Å². The van der Waals surface area contributed by atoms with Crippen LogP contribution in [-0.2, 0) is 11.3 Å². The number of hydrogen-bond acceptors (Lipinski definition) is 7. The van der Waals surface area contributed by atoms with Crippen molar-refractivity contribution >= 4 is 24.4 Å². The maximum absolute atomic E-state index is 11.0. The Morgan fingerprint density at radius 2 is 1.78 bits per heavy atom. The highest BCUT2D eigenvalue weighted by atomic mass is 35.5. The van der Waals surface area contributed by atoms with Gasteiger partial charge in [0, 0.05) is 52.2 Å². The molecular weight excluding hydrogens is 370 g/mol. The summed E-state index contributed by atoms with van der Waals surface area (Å²) in [6.07, 6.45) is 3.04. The molecule has 1 saturated heterocycles. The highest BCUT2D eigenvalue weighted by molar-refractivity contribution is 5.85. The van der Waals surface area contributed by atoms with Crippen LogP contribution in [0.5, 0.6) is 5.75 Å². The summed E-state index contributed by atoms with van der Waals surface area (Å²) < 4.78 is 10.2. The highest BCUT2D eigenvalue weighted by Gasteiger charge is 2.18. The molecular formula is C18H24ClN5O3. The van der Waals surface area contributed by atoms with E-state index >= 15 is 0 Å². The number of carbonyl (C=O) groups excluding carboxylic acids is 1. The van der Waals surface area contributed by atoms with Crippen molar-refractivity contribution in [2.45, 2.75) is 6.54 Å². The summed E-state index contributed by atoms with van der Waals surface area (Å²) in [7, 11) is 1.50. The minimum atomic E-state index is -0.512. The predicted octanol–water partition coefficient (Wildman–Crippen LogP) is 1.91. The third-order valence-corrected chi connectivity index (χ3v) is 4.16. The van der Waals surface area contributed by atoms with Crippen LogP contribution in [0.2, 0.25) is 0 Å². The Hall–Kier alpha value is -2.58. The molecule has 146 valence electrons. The molecule has 9 heteroatoms. The molecule has 0 saturated carbocycles. The zero-order chi connectivity index (χ0) is 18.2. The van der Waals surface area contributed by atoms with Crippen LogP contribution in [0.3, 0.4) is 0 Å². The second-order valence-corrected chi connectivity index (χ2v) is 5.90. The van der Waals surface area contributed by atoms with Crippen LogP contribution in [0.4, 0.5) is 10.7 Å². The van der Waals surface area contributed by atoms with Crippen LogP contribution in [0.1, 0.15) is 5.56 Å². The zero-order valence-corrected chi connectivity index (χ0v) is 16.0. The van der Waals surface area contributed by atoms with Crippen LogP contribution in [0.25, 0.3) is 0 Å². The van der Waals surface area contributed by atoms with Gasteiger partial charge >= 0.3 is 6.09 Å². The molecule has 1 amide bonds. The van der Waals surface area contributed by atoms with Gasteiger partial charge in [0.25, 0.3) is 0 Å². The molecule has 8 nitrogen and oxygen atoms in total. The lowest BCUT2D eigenvalue weighted by atomic mass is 10.2. The molecule has 0 radical (unpaired) electrons. The van der Waals surface area contributed by atoms with Gasteiger partial charge in [0.1, 0.15) is 5.75 Å². The molecule has 0 spiro atoms. The fourth-order valence-electron chi connectivity index (χ4n) is 2.73. The second kappa shape index (κ2) is 10.5. The first kappa shape index (κ1) is 20.7. The molecule has 1 aliphatic heterocycles. The summed E-state index contributed by atoms with van der Waals surface area (Å²) in [5.74, 6) is 1.47. The number of rotatable bonds is 6. The number of ether oxygens (including phenoxy) is 2. The van der Waals surface area contributed by atoms with Crippen LogP contribution < -0.4 is 15.0 Å². The van der Waals surface area contributed by atoms with Gasteiger partial charge in [-0.15, -0.1) is 12.4 Å². The summed E-state index contributed by atoms with van der Waals surface area (Å²) >= 11 is 0. The van der Waals surface area contributed by atoms with Crippen molar-refractivity contribution < 1.29 is 14.3 Å². The van der Waals surface area contributed by atoms with Gasteiger partial charge < -0.3 is 19.7 Å². The van der Waals surface area contributed by atoms with Gasteiger partial charge in [-0.05, 0) is 23.8 Å². The fourth-order valence-corrected chi connectivity index (χ4v) is 2.73. The van der Waals surface area contributed by atoms with Crippen molar-refractivity contribution in [2.75, 3.05) is 44.9 Å². The third-order valence-electron chi connectivity index (χ3n) is 4.16. The Kier molecular flexibility index (Phi) is 8.09. The van der Waals surface area contributed by atoms with Gasteiger partial charge in [-0.1, -0.05) is 12.1 Å². The van der Waals surface area contributed by atoms with Gasteiger partial charge in [0.05, 0.1) is 0 Å². The number of halogens is 1. The van der Waals surface area contributed by atoms with E-state index in [2.05, 4.69) is 25.1 Å². The smallest absolute Gasteiger partial charge is 0.409 e. The molecule has 0 bridgehead atoms. The molecule has 0 unspecified atom stereocenters. The van der Waals surface area contributed by atoms with Crippen molar-refractivity contribution in [2.24, 2.45) is 0 Å². The second-order valence-electron chi connectivity index (χ2n) is 5.90. The summed E-state index contributed by atoms with van der Waals surface area (Å²) in [5, 5.41) is 2.36. The largest absolute Gasteiger partial charge is 0.457 e. The first-order chi connectivity index (χ1) is 12.7. The third kappa shape index (κ3) is 6.26. The Morgan fingerprint density at radius 1 is 1.11 bits per heavy atom. The standard InChI is InChI=1S/C18H23N5O3.ClH/c1-19-18(24)26-14-25-16-5-3-15(4-6-16)13-22-9-11-23(12-10-22)17-20-7-2-8-21-17;/h2-8H,9-14H2,1H3,(H,19,24);1H. The maximum atomic E-state index is 11.0. The van der Waals surface area contributed by atoms with Gasteiger partial charge in [0.2, 0.25) is 12.7 Å². The van der Waals surface area contributed by atoms with Crippen molar-refractivity contribution in [3.05, 3.63) is 48.3 Å². The van der Waals surface area contributed by atoms with E-state index in [-0.39, 0.29) is 19.2 Å². The topological polar surface area (TPSA) is 79.8 Å². The van der Waals surface area contributed by atoms with E-state index in [9.17, 15) is 4.79 Å². The number of benzene rings is 1. The normalized spacial score (nSPS) is 14.2. The number of aromatic nitrogens is 2. The molecule has 1 fully saturated rings. The van der Waals surface area contributed by atoms with Gasteiger partial charge in [-0.3, -0.25) is 4.90 Å². The average Bonchev–Trinajstić information content (AvgIpc) is 2.70. The lowest BCUT2D eigenvalue weighted by Crippen LogP contribution is -2.46. The summed E-state index contributed by atoms with van der Waals surface area (Å²) in [6, 6.07) is 9.66. The van der Waals surface area contributed by atoms with E-state index in [0.29, 0.717) is 5.75 Å². The van der Waals surface area contributed by atoms with E-state index in [0.717, 1.165) is 38.7 Å². The van der Waals surface area contributed by atoms with Gasteiger partial charge in [-0.2, -0.15) is 0 Å². The lowest BCUT2D eigenvalue weighted by Gasteiger charge is -2.34. The number of carbonyl (C=O) groups is 1. The minimum Gasteiger partial charge on any atom is -0.457 e. The van der Waals surface area contributed by atoms with Gasteiger partial charge in [-0.25, -0.2) is 14.8 Å². The molecule has 1 aromatic carbocycles. The van der Waals surface area contributed by atoms with Crippen molar-refractivity contribution in [1.82, 2.24) is 20.2 Å². The van der Waals surface area contributed by atoms with Crippen LogP contribution in [-0.4, -0.2) is 61.0 Å². The first-order valence-electron chi connectivity index (χ1n) is 8.55. The molecule has 3 rings (SSSR count). The average molecular weight is 394 g/mol. The number of hydrogen-bond donors (Lipinski definition) is 1. The summed E-state index contributed by atoms with van der Waals surface area (Å²) in [5.41, 5.74) is 1.22. The monoisotopic (exact) mass is 393 g/mol. The number of nitrogens with zero attached hydrogens (tertiary/aromatic N) is 4.